The van der Waals surface area contributed by atoms with Gasteiger partial charge in [-0.05, 0) is 12.8 Å². The fourth-order valence-corrected chi connectivity index (χ4v) is 2.64. The lowest BCUT2D eigenvalue weighted by molar-refractivity contribution is 0.00399. The molecule has 0 aromatic heterocycles. The van der Waals surface area contributed by atoms with Gasteiger partial charge in [-0.25, -0.2) is 0 Å². The summed E-state index contributed by atoms with van der Waals surface area (Å²) < 4.78 is 5.55. The second-order valence-electron chi connectivity index (χ2n) is 5.38. The highest BCUT2D eigenvalue weighted by Crippen LogP contribution is 2.28. The number of carbonyl (C=O) groups is 2. The molecule has 0 saturated heterocycles. The van der Waals surface area contributed by atoms with Crippen molar-refractivity contribution >= 4 is 11.6 Å². The standard InChI is InChI=1S/C20H21O3/c1-3-4-15-20(23-2,18(21)16-11-7-5-8-12-16)19(22)17-13-9-6-10-14-17/h5-14H,1,3-4,15H2,2H3. The fourth-order valence-electron chi connectivity index (χ4n) is 2.64. The van der Waals surface area contributed by atoms with Gasteiger partial charge in [-0.3, -0.25) is 9.59 Å². The number of benzene rings is 2. The van der Waals surface area contributed by atoms with E-state index in [0.717, 1.165) is 0 Å². The minimum atomic E-state index is -1.50. The van der Waals surface area contributed by atoms with Gasteiger partial charge in [0.2, 0.25) is 11.6 Å². The zero-order chi connectivity index (χ0) is 16.7. The highest BCUT2D eigenvalue weighted by atomic mass is 16.5. The van der Waals surface area contributed by atoms with Gasteiger partial charge >= 0.3 is 0 Å². The van der Waals surface area contributed by atoms with E-state index in [9.17, 15) is 9.59 Å². The van der Waals surface area contributed by atoms with Gasteiger partial charge in [0.1, 0.15) is 0 Å². The lowest BCUT2D eigenvalue weighted by Gasteiger charge is -2.29. The molecule has 0 aliphatic carbocycles. The van der Waals surface area contributed by atoms with Crippen LogP contribution in [0.25, 0.3) is 0 Å². The van der Waals surface area contributed by atoms with E-state index in [2.05, 4.69) is 6.92 Å². The van der Waals surface area contributed by atoms with Crippen molar-refractivity contribution in [1.82, 2.24) is 0 Å². The Morgan fingerprint density at radius 2 is 1.35 bits per heavy atom. The topological polar surface area (TPSA) is 43.4 Å². The predicted molar refractivity (Wildman–Crippen MR) is 90.5 cm³/mol. The zero-order valence-electron chi connectivity index (χ0n) is 13.3. The first-order valence-corrected chi connectivity index (χ1v) is 7.70. The first-order chi connectivity index (χ1) is 11.2. The third-order valence-electron chi connectivity index (χ3n) is 3.93. The second kappa shape index (κ2) is 7.84. The Labute approximate surface area is 137 Å². The van der Waals surface area contributed by atoms with Crippen LogP contribution in [0.4, 0.5) is 0 Å². The normalized spacial score (nSPS) is 11.2. The Morgan fingerprint density at radius 1 is 0.913 bits per heavy atom. The molecule has 0 spiro atoms. The summed E-state index contributed by atoms with van der Waals surface area (Å²) in [4.78, 5) is 26.1. The third kappa shape index (κ3) is 3.57. The first-order valence-electron chi connectivity index (χ1n) is 7.70. The molecule has 0 unspecified atom stereocenters. The van der Waals surface area contributed by atoms with Crippen molar-refractivity contribution in [2.75, 3.05) is 7.11 Å². The molecule has 119 valence electrons. The lowest BCUT2D eigenvalue weighted by Crippen LogP contribution is -2.48. The number of ketones is 2. The lowest BCUT2D eigenvalue weighted by atomic mass is 9.81. The fraction of sp³-hybridized carbons (Fsp3) is 0.250. The molecule has 2 aromatic carbocycles. The second-order valence-corrected chi connectivity index (χ2v) is 5.38. The molecule has 0 amide bonds. The van der Waals surface area contributed by atoms with Gasteiger partial charge in [0.05, 0.1) is 0 Å². The van der Waals surface area contributed by atoms with Gasteiger partial charge < -0.3 is 4.74 Å². The number of carbonyl (C=O) groups excluding carboxylic acids is 2. The predicted octanol–water partition coefficient (Wildman–Crippen LogP) is 4.14. The Morgan fingerprint density at radius 3 is 1.70 bits per heavy atom. The van der Waals surface area contributed by atoms with Gasteiger partial charge in [0, 0.05) is 18.2 Å². The van der Waals surface area contributed by atoms with Gasteiger partial charge in [0.25, 0.3) is 0 Å². The minimum absolute atomic E-state index is 0.303. The molecule has 23 heavy (non-hydrogen) atoms. The summed E-state index contributed by atoms with van der Waals surface area (Å²) in [6.07, 6.45) is 1.58. The Bertz CT molecular complexity index is 596. The molecule has 0 heterocycles. The van der Waals surface area contributed by atoms with E-state index in [4.69, 9.17) is 4.74 Å². The van der Waals surface area contributed by atoms with Gasteiger partial charge in [0.15, 0.2) is 5.60 Å². The highest BCUT2D eigenvalue weighted by Gasteiger charge is 2.45. The van der Waals surface area contributed by atoms with E-state index in [1.807, 2.05) is 12.1 Å². The molecule has 0 N–H and O–H groups in total. The van der Waals surface area contributed by atoms with E-state index >= 15 is 0 Å². The molecule has 3 heteroatoms. The molecule has 0 saturated carbocycles. The zero-order valence-corrected chi connectivity index (χ0v) is 13.3. The van der Waals surface area contributed by atoms with Crippen LogP contribution in [0, 0.1) is 6.92 Å². The maximum Gasteiger partial charge on any atom is 0.202 e. The van der Waals surface area contributed by atoms with Crippen molar-refractivity contribution in [3.63, 3.8) is 0 Å². The highest BCUT2D eigenvalue weighted by molar-refractivity contribution is 6.22. The van der Waals surface area contributed by atoms with Gasteiger partial charge in [-0.15, -0.1) is 0 Å². The summed E-state index contributed by atoms with van der Waals surface area (Å²) in [6, 6.07) is 17.6. The average molecular weight is 309 g/mol. The van der Waals surface area contributed by atoms with Crippen molar-refractivity contribution in [3.8, 4) is 0 Å². The van der Waals surface area contributed by atoms with Crippen LogP contribution in [0.2, 0.25) is 0 Å². The quantitative estimate of drug-likeness (QED) is 0.543. The molecular formula is C20H21O3. The summed E-state index contributed by atoms with van der Waals surface area (Å²) in [5.74, 6) is -0.606. The molecule has 0 atom stereocenters. The molecule has 1 radical (unpaired) electrons. The molecule has 0 fully saturated rings. The largest absolute Gasteiger partial charge is 0.362 e. The number of rotatable bonds is 8. The SMILES string of the molecule is [CH2]CCCC(OC)(C(=O)c1ccccc1)C(=O)c1ccccc1. The van der Waals surface area contributed by atoms with Crippen LogP contribution in [0.15, 0.2) is 60.7 Å². The summed E-state index contributed by atoms with van der Waals surface area (Å²) in [7, 11) is 1.42. The third-order valence-corrected chi connectivity index (χ3v) is 3.93. The van der Waals surface area contributed by atoms with Gasteiger partial charge in [-0.1, -0.05) is 74.0 Å². The number of methoxy groups -OCH3 is 1. The van der Waals surface area contributed by atoms with E-state index in [-0.39, 0.29) is 11.6 Å². The molecule has 2 rings (SSSR count). The Kier molecular flexibility index (Phi) is 5.83. The summed E-state index contributed by atoms with van der Waals surface area (Å²) in [5, 5.41) is 0. The van der Waals surface area contributed by atoms with Crippen LogP contribution in [0.5, 0.6) is 0 Å². The van der Waals surface area contributed by atoms with E-state index < -0.39 is 5.60 Å². The summed E-state index contributed by atoms with van der Waals surface area (Å²) >= 11 is 0. The van der Waals surface area contributed by atoms with Gasteiger partial charge in [-0.2, -0.15) is 0 Å². The van der Waals surface area contributed by atoms with Crippen molar-refractivity contribution < 1.29 is 14.3 Å². The van der Waals surface area contributed by atoms with Crippen LogP contribution in [-0.4, -0.2) is 24.3 Å². The van der Waals surface area contributed by atoms with Crippen LogP contribution in [-0.2, 0) is 4.74 Å². The number of hydrogen-bond acceptors (Lipinski definition) is 3. The maximum absolute atomic E-state index is 13.1. The van der Waals surface area contributed by atoms with E-state index in [1.54, 1.807) is 48.5 Å². The molecular weight excluding hydrogens is 288 g/mol. The van der Waals surface area contributed by atoms with Crippen molar-refractivity contribution in [3.05, 3.63) is 78.7 Å². The first kappa shape index (κ1) is 17.1. The van der Waals surface area contributed by atoms with Crippen LogP contribution in [0.3, 0.4) is 0 Å². The van der Waals surface area contributed by atoms with Crippen molar-refractivity contribution in [2.45, 2.75) is 24.9 Å². The number of Topliss-reactive ketones (excluding diaryl/α,β-unsaturated/α-hetero) is 2. The monoisotopic (exact) mass is 309 g/mol. The average Bonchev–Trinajstić information content (AvgIpc) is 2.63. The van der Waals surface area contributed by atoms with E-state index in [0.29, 0.717) is 30.4 Å². The molecule has 2 aromatic rings. The number of unbranched alkanes of at least 4 members (excludes halogenated alkanes) is 1. The van der Waals surface area contributed by atoms with Crippen LogP contribution in [0.1, 0.15) is 40.0 Å². The summed E-state index contributed by atoms with van der Waals surface area (Å²) in [5.41, 5.74) is -0.550. The maximum atomic E-state index is 13.1. The van der Waals surface area contributed by atoms with Crippen molar-refractivity contribution in [2.24, 2.45) is 0 Å². The minimum Gasteiger partial charge on any atom is -0.362 e. The van der Waals surface area contributed by atoms with Crippen molar-refractivity contribution in [1.29, 1.82) is 0 Å². The van der Waals surface area contributed by atoms with Crippen LogP contribution < -0.4 is 0 Å². The molecule has 0 bridgehead atoms. The smallest absolute Gasteiger partial charge is 0.202 e. The van der Waals surface area contributed by atoms with Crippen LogP contribution >= 0.6 is 0 Å². The molecule has 0 aliphatic heterocycles. The molecule has 3 nitrogen and oxygen atoms in total. The van der Waals surface area contributed by atoms with E-state index in [1.165, 1.54) is 7.11 Å². The Hall–Kier alpha value is -2.26. The number of ether oxygens (including phenoxy) is 1. The Balaban J connectivity index is 2.47. The molecule has 0 aliphatic rings. The summed E-state index contributed by atoms with van der Waals surface area (Å²) in [6.45, 7) is 3.81. The number of hydrogen-bond donors (Lipinski definition) is 0.